The van der Waals surface area contributed by atoms with Crippen LogP contribution < -0.4 is 0 Å². The highest BCUT2D eigenvalue weighted by molar-refractivity contribution is 8.00. The Bertz CT molecular complexity index is 395. The van der Waals surface area contributed by atoms with Gasteiger partial charge in [0.05, 0.1) is 5.69 Å². The molecule has 0 aliphatic carbocycles. The van der Waals surface area contributed by atoms with Crippen LogP contribution in [0.15, 0.2) is 40.1 Å². The highest BCUT2D eigenvalue weighted by Crippen LogP contribution is 2.21. The van der Waals surface area contributed by atoms with E-state index in [0.717, 1.165) is 10.8 Å². The van der Waals surface area contributed by atoms with E-state index in [1.165, 1.54) is 11.3 Å². The van der Waals surface area contributed by atoms with Gasteiger partial charge in [-0.2, -0.15) is 0 Å². The van der Waals surface area contributed by atoms with Gasteiger partial charge in [-0.15, -0.1) is 11.3 Å². The van der Waals surface area contributed by atoms with Gasteiger partial charge in [-0.1, -0.05) is 42.1 Å². The summed E-state index contributed by atoms with van der Waals surface area (Å²) in [4.78, 5) is 4.51. The van der Waals surface area contributed by atoms with Gasteiger partial charge in [-0.25, -0.2) is 4.98 Å². The predicted octanol–water partition coefficient (Wildman–Crippen LogP) is 3.46. The van der Waals surface area contributed by atoms with Crippen molar-refractivity contribution in [1.82, 2.24) is 4.98 Å². The molecule has 72 valence electrons. The van der Waals surface area contributed by atoms with Crippen molar-refractivity contribution in [2.75, 3.05) is 6.26 Å². The summed E-state index contributed by atoms with van der Waals surface area (Å²) >= 11 is 3.43. The van der Waals surface area contributed by atoms with Gasteiger partial charge in [0.25, 0.3) is 0 Å². The Morgan fingerprint density at radius 3 is 2.71 bits per heavy atom. The molecule has 0 saturated carbocycles. The summed E-state index contributed by atoms with van der Waals surface area (Å²) in [5, 5.41) is 2.14. The molecule has 1 aromatic carbocycles. The average molecular weight is 221 g/mol. The van der Waals surface area contributed by atoms with Crippen LogP contribution in [0, 0.1) is 0 Å². The molecule has 0 fully saturated rings. The third-order valence-electron chi connectivity index (χ3n) is 1.93. The second-order valence-corrected chi connectivity index (χ2v) is 4.88. The summed E-state index contributed by atoms with van der Waals surface area (Å²) < 4.78 is 1.15. The molecule has 1 nitrogen and oxygen atoms in total. The molecule has 0 aliphatic heterocycles. The van der Waals surface area contributed by atoms with Gasteiger partial charge < -0.3 is 0 Å². The highest BCUT2D eigenvalue weighted by atomic mass is 32.2. The summed E-state index contributed by atoms with van der Waals surface area (Å²) in [6.07, 6.45) is 3.00. The van der Waals surface area contributed by atoms with Gasteiger partial charge >= 0.3 is 0 Å². The molecule has 0 atom stereocenters. The van der Waals surface area contributed by atoms with Gasteiger partial charge in [0.1, 0.15) is 4.34 Å². The molecular formula is C11H11NS2. The van der Waals surface area contributed by atoms with Crippen LogP contribution in [0.2, 0.25) is 0 Å². The van der Waals surface area contributed by atoms with E-state index < -0.39 is 0 Å². The highest BCUT2D eigenvalue weighted by Gasteiger charge is 2.01. The van der Waals surface area contributed by atoms with Crippen LogP contribution in [0.3, 0.4) is 0 Å². The molecule has 0 N–H and O–H groups in total. The van der Waals surface area contributed by atoms with Crippen molar-refractivity contribution < 1.29 is 0 Å². The topological polar surface area (TPSA) is 12.9 Å². The van der Waals surface area contributed by atoms with Crippen LogP contribution >= 0.6 is 23.1 Å². The number of aromatic nitrogens is 1. The van der Waals surface area contributed by atoms with Crippen molar-refractivity contribution in [1.29, 1.82) is 0 Å². The van der Waals surface area contributed by atoms with Crippen LogP contribution in [0.25, 0.3) is 0 Å². The lowest BCUT2D eigenvalue weighted by Gasteiger charge is -1.96. The standard InChI is InChI=1S/C11H11NS2/c1-13-11-12-10(8-14-11)7-9-5-3-2-4-6-9/h2-6,8H,7H2,1H3. The number of nitrogens with zero attached hydrogens (tertiary/aromatic N) is 1. The molecule has 0 saturated heterocycles. The summed E-state index contributed by atoms with van der Waals surface area (Å²) in [7, 11) is 0. The Kier molecular flexibility index (Phi) is 3.22. The van der Waals surface area contributed by atoms with E-state index in [1.54, 1.807) is 23.1 Å². The second-order valence-electron chi connectivity index (χ2n) is 2.97. The van der Waals surface area contributed by atoms with E-state index in [2.05, 4.69) is 40.9 Å². The maximum absolute atomic E-state index is 4.51. The molecule has 2 aromatic rings. The first-order valence-corrected chi connectivity index (χ1v) is 6.51. The number of hydrogen-bond acceptors (Lipinski definition) is 3. The Hall–Kier alpha value is -0.800. The van der Waals surface area contributed by atoms with E-state index in [4.69, 9.17) is 0 Å². The summed E-state index contributed by atoms with van der Waals surface area (Å²) in [5.41, 5.74) is 2.50. The van der Waals surface area contributed by atoms with Crippen molar-refractivity contribution in [2.24, 2.45) is 0 Å². The SMILES string of the molecule is CSc1nc(Cc2ccccc2)cs1. The molecule has 1 heterocycles. The largest absolute Gasteiger partial charge is 0.234 e. The third kappa shape index (κ3) is 2.36. The molecule has 0 amide bonds. The summed E-state index contributed by atoms with van der Waals surface area (Å²) in [6.45, 7) is 0. The van der Waals surface area contributed by atoms with Gasteiger partial charge in [-0.05, 0) is 11.8 Å². The molecule has 3 heteroatoms. The smallest absolute Gasteiger partial charge is 0.149 e. The molecule has 1 aromatic heterocycles. The van der Waals surface area contributed by atoms with Gasteiger partial charge in [0, 0.05) is 11.8 Å². The lowest BCUT2D eigenvalue weighted by molar-refractivity contribution is 1.06. The maximum atomic E-state index is 4.51. The first-order chi connectivity index (χ1) is 6.88. The number of thiazole rings is 1. The summed E-state index contributed by atoms with van der Waals surface area (Å²) in [6, 6.07) is 10.4. The number of benzene rings is 1. The Labute approximate surface area is 92.2 Å². The third-order valence-corrected chi connectivity index (χ3v) is 3.85. The maximum Gasteiger partial charge on any atom is 0.149 e. The normalized spacial score (nSPS) is 10.4. The molecule has 0 bridgehead atoms. The molecule has 0 radical (unpaired) electrons. The Morgan fingerprint density at radius 1 is 1.29 bits per heavy atom. The number of rotatable bonds is 3. The summed E-state index contributed by atoms with van der Waals surface area (Å²) in [5.74, 6) is 0. The minimum atomic E-state index is 0.942. The zero-order chi connectivity index (χ0) is 9.80. The van der Waals surface area contributed by atoms with Crippen molar-refractivity contribution in [3.8, 4) is 0 Å². The Morgan fingerprint density at radius 2 is 2.07 bits per heavy atom. The molecule has 0 aliphatic rings. The first kappa shape index (κ1) is 9.74. The van der Waals surface area contributed by atoms with Crippen molar-refractivity contribution >= 4 is 23.1 Å². The van der Waals surface area contributed by atoms with E-state index in [-0.39, 0.29) is 0 Å². The monoisotopic (exact) mass is 221 g/mol. The van der Waals surface area contributed by atoms with Crippen LogP contribution in [-0.4, -0.2) is 11.2 Å². The van der Waals surface area contributed by atoms with Crippen LogP contribution in [0.5, 0.6) is 0 Å². The van der Waals surface area contributed by atoms with Crippen LogP contribution in [0.4, 0.5) is 0 Å². The van der Waals surface area contributed by atoms with Crippen LogP contribution in [-0.2, 0) is 6.42 Å². The molecule has 0 unspecified atom stereocenters. The van der Waals surface area contributed by atoms with Gasteiger partial charge in [0.15, 0.2) is 0 Å². The molecular weight excluding hydrogens is 210 g/mol. The minimum Gasteiger partial charge on any atom is -0.234 e. The van der Waals surface area contributed by atoms with E-state index in [9.17, 15) is 0 Å². The second kappa shape index (κ2) is 4.62. The lowest BCUT2D eigenvalue weighted by atomic mass is 10.1. The van der Waals surface area contributed by atoms with E-state index in [1.807, 2.05) is 6.07 Å². The molecule has 14 heavy (non-hydrogen) atoms. The first-order valence-electron chi connectivity index (χ1n) is 4.41. The van der Waals surface area contributed by atoms with Crippen LogP contribution in [0.1, 0.15) is 11.3 Å². The molecule has 2 rings (SSSR count). The average Bonchev–Trinajstić information content (AvgIpc) is 2.67. The Balaban J connectivity index is 2.11. The fourth-order valence-corrected chi connectivity index (χ4v) is 2.55. The fourth-order valence-electron chi connectivity index (χ4n) is 1.27. The van der Waals surface area contributed by atoms with Crippen molar-refractivity contribution in [2.45, 2.75) is 10.8 Å². The van der Waals surface area contributed by atoms with Gasteiger partial charge in [-0.3, -0.25) is 0 Å². The predicted molar refractivity (Wildman–Crippen MR) is 63.1 cm³/mol. The zero-order valence-electron chi connectivity index (χ0n) is 7.93. The minimum absolute atomic E-state index is 0.942. The number of thioether (sulfide) groups is 1. The quantitative estimate of drug-likeness (QED) is 0.736. The number of hydrogen-bond donors (Lipinski definition) is 0. The van der Waals surface area contributed by atoms with Gasteiger partial charge in [0.2, 0.25) is 0 Å². The van der Waals surface area contributed by atoms with E-state index in [0.29, 0.717) is 0 Å². The zero-order valence-corrected chi connectivity index (χ0v) is 9.57. The fraction of sp³-hybridized carbons (Fsp3) is 0.182. The van der Waals surface area contributed by atoms with E-state index >= 15 is 0 Å². The molecule has 0 spiro atoms. The lowest BCUT2D eigenvalue weighted by Crippen LogP contribution is -1.87. The van der Waals surface area contributed by atoms with Crippen molar-refractivity contribution in [3.63, 3.8) is 0 Å². The van der Waals surface area contributed by atoms with Crippen molar-refractivity contribution in [3.05, 3.63) is 47.0 Å².